The largest absolute Gasteiger partial charge is 0.390 e. The van der Waals surface area contributed by atoms with E-state index in [4.69, 9.17) is 14.2 Å². The van der Waals surface area contributed by atoms with Gasteiger partial charge >= 0.3 is 0 Å². The van der Waals surface area contributed by atoms with E-state index in [2.05, 4.69) is 0 Å². The van der Waals surface area contributed by atoms with Gasteiger partial charge in [-0.2, -0.15) is 0 Å². The Labute approximate surface area is 174 Å². The molecule has 0 aromatic rings. The van der Waals surface area contributed by atoms with Gasteiger partial charge in [-0.25, -0.2) is 0 Å². The molecule has 8 heteroatoms. The number of ether oxygens (including phenoxy) is 3. The lowest BCUT2D eigenvalue weighted by molar-refractivity contribution is -0.281. The maximum Gasteiger partial charge on any atom is 0.205 e. The standard InChI is InChI=1S/C22H28O8/c1-19(2,26)5-6-21-9-7-8-10(13(24)16-15(28-16)12(8)23)11(21)14(25)17-18(29-17)22(21,27)30-20(9,3)4/h5-7,9-11,13-18,24-27H,1-4H3/b6-5+/t9-,10+,11+,13+,14+,15+,16-,17-,18-,21+,22-/m0/s1. The first kappa shape index (κ1) is 19.5. The van der Waals surface area contributed by atoms with Crippen LogP contribution in [0.5, 0.6) is 0 Å². The van der Waals surface area contributed by atoms with Crippen molar-refractivity contribution in [3.63, 3.8) is 0 Å². The SMILES string of the molecule is CC(C)(O)/C=C/[C@@]12[C@H]3[C@@H](O)[C@@H]4O[C@@H]4[C@]1(O)OC(C)(C)[C@@H]2C=C1C(=O)[C@H]2O[C@H]2[C@H](O)[C@H]13. The van der Waals surface area contributed by atoms with Gasteiger partial charge in [0, 0.05) is 23.3 Å². The molecule has 2 saturated carbocycles. The Hall–Kier alpha value is -1.13. The van der Waals surface area contributed by atoms with Crippen LogP contribution in [0, 0.1) is 23.2 Å². The Morgan fingerprint density at radius 2 is 1.83 bits per heavy atom. The summed E-state index contributed by atoms with van der Waals surface area (Å²) in [5, 5.41) is 44.7. The number of fused-ring (bicyclic) bond motifs is 5. The van der Waals surface area contributed by atoms with Gasteiger partial charge in [0.25, 0.3) is 0 Å². The molecule has 0 aromatic heterocycles. The van der Waals surface area contributed by atoms with Crippen molar-refractivity contribution in [2.24, 2.45) is 23.2 Å². The van der Waals surface area contributed by atoms with Crippen LogP contribution in [0.25, 0.3) is 0 Å². The normalized spacial score (nSPS) is 57.3. The highest BCUT2D eigenvalue weighted by atomic mass is 16.7. The molecular weight excluding hydrogens is 392 g/mol. The number of carbonyl (C=O) groups excluding carboxylic acids is 1. The molecule has 8 nitrogen and oxygen atoms in total. The van der Waals surface area contributed by atoms with Crippen molar-refractivity contribution >= 4 is 5.78 Å². The van der Waals surface area contributed by atoms with Crippen LogP contribution >= 0.6 is 0 Å². The molecule has 0 bridgehead atoms. The van der Waals surface area contributed by atoms with Gasteiger partial charge in [-0.1, -0.05) is 18.2 Å². The molecule has 3 saturated heterocycles. The highest BCUT2D eigenvalue weighted by Gasteiger charge is 2.84. The number of hydrogen-bond donors (Lipinski definition) is 4. The van der Waals surface area contributed by atoms with Crippen LogP contribution in [-0.2, 0) is 19.0 Å². The smallest absolute Gasteiger partial charge is 0.205 e. The van der Waals surface area contributed by atoms with Gasteiger partial charge in [0.15, 0.2) is 5.78 Å². The van der Waals surface area contributed by atoms with Crippen molar-refractivity contribution in [2.45, 2.75) is 81.3 Å². The molecule has 30 heavy (non-hydrogen) atoms. The van der Waals surface area contributed by atoms with E-state index >= 15 is 0 Å². The van der Waals surface area contributed by atoms with E-state index in [0.717, 1.165) is 0 Å². The lowest BCUT2D eigenvalue weighted by atomic mass is 9.46. The third-order valence-corrected chi connectivity index (χ3v) is 8.10. The summed E-state index contributed by atoms with van der Waals surface area (Å²) in [4.78, 5) is 13.0. The first-order chi connectivity index (χ1) is 13.8. The molecule has 164 valence electrons. The summed E-state index contributed by atoms with van der Waals surface area (Å²) in [7, 11) is 0. The Balaban J connectivity index is 1.63. The van der Waals surface area contributed by atoms with Gasteiger partial charge < -0.3 is 34.6 Å². The van der Waals surface area contributed by atoms with Crippen molar-refractivity contribution in [1.82, 2.24) is 0 Å². The zero-order valence-corrected chi connectivity index (χ0v) is 17.4. The van der Waals surface area contributed by atoms with Crippen LogP contribution in [0.4, 0.5) is 0 Å². The minimum Gasteiger partial charge on any atom is -0.390 e. The molecule has 0 amide bonds. The number of Topliss-reactive ketones (excluding diaryl/α,β-unsaturated/α-hetero) is 1. The molecular formula is C22H28O8. The molecule has 5 fully saturated rings. The predicted molar refractivity (Wildman–Crippen MR) is 101 cm³/mol. The third kappa shape index (κ3) is 2.09. The number of hydrogen-bond acceptors (Lipinski definition) is 8. The van der Waals surface area contributed by atoms with Gasteiger partial charge in [-0.05, 0) is 27.7 Å². The Morgan fingerprint density at radius 3 is 2.50 bits per heavy atom. The summed E-state index contributed by atoms with van der Waals surface area (Å²) < 4.78 is 17.4. The average molecular weight is 420 g/mol. The Kier molecular flexibility index (Phi) is 3.43. The van der Waals surface area contributed by atoms with Gasteiger partial charge in [0.1, 0.15) is 24.4 Å². The summed E-state index contributed by atoms with van der Waals surface area (Å²) in [5.41, 5.74) is -2.84. The van der Waals surface area contributed by atoms with Crippen LogP contribution in [0.15, 0.2) is 23.8 Å². The molecule has 0 unspecified atom stereocenters. The first-order valence-electron chi connectivity index (χ1n) is 10.6. The summed E-state index contributed by atoms with van der Waals surface area (Å²) in [6, 6.07) is 0. The van der Waals surface area contributed by atoms with E-state index in [1.807, 2.05) is 13.8 Å². The van der Waals surface area contributed by atoms with E-state index in [9.17, 15) is 25.2 Å². The second-order valence-electron chi connectivity index (χ2n) is 10.9. The first-order valence-corrected chi connectivity index (χ1v) is 10.6. The minimum absolute atomic E-state index is 0.173. The highest BCUT2D eigenvalue weighted by molar-refractivity contribution is 6.03. The molecule has 11 atom stereocenters. The fourth-order valence-corrected chi connectivity index (χ4v) is 6.90. The van der Waals surface area contributed by atoms with Crippen molar-refractivity contribution in [3.8, 4) is 0 Å². The van der Waals surface area contributed by atoms with Crippen LogP contribution < -0.4 is 0 Å². The monoisotopic (exact) mass is 420 g/mol. The summed E-state index contributed by atoms with van der Waals surface area (Å²) in [6.07, 6.45) is 0.494. The van der Waals surface area contributed by atoms with Crippen molar-refractivity contribution in [2.75, 3.05) is 0 Å². The molecule has 4 N–H and O–H groups in total. The topological polar surface area (TPSA) is 132 Å². The molecule has 6 rings (SSSR count). The maximum absolute atomic E-state index is 13.0. The number of epoxide rings is 2. The Morgan fingerprint density at radius 1 is 1.13 bits per heavy atom. The van der Waals surface area contributed by atoms with Crippen LogP contribution in [-0.4, -0.2) is 79.8 Å². The predicted octanol–water partition coefficient (Wildman–Crippen LogP) is -0.561. The van der Waals surface area contributed by atoms with Crippen molar-refractivity contribution in [1.29, 1.82) is 0 Å². The van der Waals surface area contributed by atoms with Gasteiger partial charge in [-0.15, -0.1) is 0 Å². The average Bonchev–Trinajstić information content (AvgIpc) is 3.51. The number of aliphatic hydroxyl groups is 4. The second kappa shape index (κ2) is 5.26. The highest BCUT2D eigenvalue weighted by Crippen LogP contribution is 2.72. The lowest BCUT2D eigenvalue weighted by Crippen LogP contribution is -2.68. The molecule has 3 heterocycles. The third-order valence-electron chi connectivity index (χ3n) is 8.10. The van der Waals surface area contributed by atoms with Crippen molar-refractivity contribution in [3.05, 3.63) is 23.8 Å². The van der Waals surface area contributed by atoms with Gasteiger partial charge in [-0.3, -0.25) is 4.79 Å². The van der Waals surface area contributed by atoms with E-state index in [1.54, 1.807) is 32.1 Å². The number of ketones is 1. The quantitative estimate of drug-likeness (QED) is 0.345. The molecule has 0 aromatic carbocycles. The van der Waals surface area contributed by atoms with Crippen LogP contribution in [0.3, 0.4) is 0 Å². The van der Waals surface area contributed by atoms with Crippen LogP contribution in [0.2, 0.25) is 0 Å². The van der Waals surface area contributed by atoms with Gasteiger partial charge in [0.05, 0.1) is 28.8 Å². The number of rotatable bonds is 2. The molecule has 3 aliphatic carbocycles. The van der Waals surface area contributed by atoms with Crippen LogP contribution in [0.1, 0.15) is 27.7 Å². The summed E-state index contributed by atoms with van der Waals surface area (Å²) >= 11 is 0. The van der Waals surface area contributed by atoms with E-state index < -0.39 is 76.8 Å². The molecule has 0 radical (unpaired) electrons. The molecule has 6 aliphatic rings. The van der Waals surface area contributed by atoms with E-state index in [-0.39, 0.29) is 5.78 Å². The summed E-state index contributed by atoms with van der Waals surface area (Å²) in [6.45, 7) is 6.92. The molecule has 3 aliphatic heterocycles. The number of aliphatic hydroxyl groups excluding tert-OH is 2. The Bertz CT molecular complexity index is 901. The zero-order chi connectivity index (χ0) is 21.6. The minimum atomic E-state index is -1.77. The lowest BCUT2D eigenvalue weighted by Gasteiger charge is -2.56. The van der Waals surface area contributed by atoms with E-state index in [0.29, 0.717) is 5.57 Å². The number of carbonyl (C=O) groups is 1. The van der Waals surface area contributed by atoms with Gasteiger partial charge in [0.2, 0.25) is 5.79 Å². The summed E-state index contributed by atoms with van der Waals surface area (Å²) in [5.74, 6) is -3.92. The maximum atomic E-state index is 13.0. The van der Waals surface area contributed by atoms with Crippen molar-refractivity contribution < 1.29 is 39.4 Å². The van der Waals surface area contributed by atoms with E-state index in [1.165, 1.54) is 0 Å². The fraction of sp³-hybridized carbons (Fsp3) is 0.773. The second-order valence-corrected chi connectivity index (χ2v) is 10.9. The fourth-order valence-electron chi connectivity index (χ4n) is 6.90. The zero-order valence-electron chi connectivity index (χ0n) is 17.4. The molecule has 0 spiro atoms.